The van der Waals surface area contributed by atoms with Crippen LogP contribution in [0.15, 0.2) is 12.7 Å². The largest absolute Gasteiger partial charge is 0.470 e. The van der Waals surface area contributed by atoms with Gasteiger partial charge in [0, 0.05) is 6.54 Å². The Kier molecular flexibility index (Phi) is 8.27. The lowest BCUT2D eigenvalue weighted by Gasteiger charge is -2.25. The van der Waals surface area contributed by atoms with Crippen LogP contribution in [0.5, 0.6) is 0 Å². The summed E-state index contributed by atoms with van der Waals surface area (Å²) in [5.41, 5.74) is 11.9. The van der Waals surface area contributed by atoms with Gasteiger partial charge in [-0.1, -0.05) is 6.92 Å². The number of anilines is 1. The van der Waals surface area contributed by atoms with Crippen LogP contribution in [0.4, 0.5) is 5.82 Å². The standard InChI is InChI=1S/C16H27N6O8P/c1-2-10-12(30-31(23,24)25)13(28-9-27-6-5-26-4-3-17)16(29-10)22-8-21-11-14(18)19-7-20-15(11)22/h7-8,10,12-13,16H,2-6,9,17H2,1H3,(H2,18,19,20)(H2,23,24,25)/t10-,12?,13+,16-/m1/s1. The van der Waals surface area contributed by atoms with Crippen LogP contribution in [0.3, 0.4) is 0 Å². The van der Waals surface area contributed by atoms with Crippen molar-refractivity contribution in [1.82, 2.24) is 19.5 Å². The molecule has 14 nitrogen and oxygen atoms in total. The predicted octanol–water partition coefficient (Wildman–Crippen LogP) is -0.472. The smallest absolute Gasteiger partial charge is 0.382 e. The molecule has 0 saturated carbocycles. The third kappa shape index (κ3) is 5.94. The van der Waals surface area contributed by atoms with Crippen LogP contribution in [0.2, 0.25) is 0 Å². The van der Waals surface area contributed by atoms with Crippen molar-refractivity contribution in [3.05, 3.63) is 12.7 Å². The van der Waals surface area contributed by atoms with E-state index >= 15 is 0 Å². The molecule has 1 fully saturated rings. The van der Waals surface area contributed by atoms with E-state index < -0.39 is 32.4 Å². The highest BCUT2D eigenvalue weighted by Crippen LogP contribution is 2.45. The Labute approximate surface area is 178 Å². The molecule has 0 radical (unpaired) electrons. The van der Waals surface area contributed by atoms with Crippen molar-refractivity contribution < 1.29 is 37.8 Å². The van der Waals surface area contributed by atoms with Gasteiger partial charge in [0.05, 0.1) is 32.3 Å². The second-order valence-electron chi connectivity index (χ2n) is 6.68. The van der Waals surface area contributed by atoms with Crippen LogP contribution in [-0.2, 0) is 28.0 Å². The van der Waals surface area contributed by atoms with Gasteiger partial charge < -0.3 is 40.2 Å². The van der Waals surface area contributed by atoms with Crippen LogP contribution in [0, 0.1) is 0 Å². The van der Waals surface area contributed by atoms with Gasteiger partial charge in [-0.05, 0) is 6.42 Å². The molecule has 4 atom stereocenters. The number of nitrogens with zero attached hydrogens (tertiary/aromatic N) is 4. The monoisotopic (exact) mass is 462 g/mol. The average Bonchev–Trinajstić information content (AvgIpc) is 3.28. The molecule has 0 bridgehead atoms. The number of ether oxygens (including phenoxy) is 4. The van der Waals surface area contributed by atoms with E-state index in [0.29, 0.717) is 37.3 Å². The highest BCUT2D eigenvalue weighted by Gasteiger charge is 2.49. The molecular formula is C16H27N6O8P. The zero-order valence-electron chi connectivity index (χ0n) is 16.9. The molecule has 31 heavy (non-hydrogen) atoms. The van der Waals surface area contributed by atoms with Gasteiger partial charge in [-0.2, -0.15) is 0 Å². The van der Waals surface area contributed by atoms with E-state index in [1.54, 1.807) is 11.5 Å². The highest BCUT2D eigenvalue weighted by atomic mass is 31.2. The number of imidazole rings is 1. The van der Waals surface area contributed by atoms with E-state index in [4.69, 9.17) is 34.9 Å². The van der Waals surface area contributed by atoms with Gasteiger partial charge in [-0.3, -0.25) is 9.09 Å². The molecule has 1 aliphatic heterocycles. The minimum absolute atomic E-state index is 0.183. The topological polar surface area (TPSA) is 199 Å². The van der Waals surface area contributed by atoms with Gasteiger partial charge in [-0.15, -0.1) is 0 Å². The number of phosphoric ester groups is 1. The molecule has 1 unspecified atom stereocenters. The third-order valence-corrected chi connectivity index (χ3v) is 5.10. The molecule has 1 aliphatic rings. The molecule has 0 spiro atoms. The van der Waals surface area contributed by atoms with Crippen LogP contribution >= 0.6 is 7.82 Å². The molecule has 2 aromatic rings. The number of hydrogen-bond donors (Lipinski definition) is 4. The molecule has 0 aliphatic carbocycles. The number of nitrogens with two attached hydrogens (primary N) is 2. The van der Waals surface area contributed by atoms with Crippen LogP contribution in [0.25, 0.3) is 11.2 Å². The van der Waals surface area contributed by atoms with E-state index in [9.17, 15) is 14.4 Å². The molecule has 15 heteroatoms. The van der Waals surface area contributed by atoms with E-state index in [1.807, 2.05) is 0 Å². The normalized spacial score (nSPS) is 24.3. The molecule has 3 rings (SSSR count). The van der Waals surface area contributed by atoms with Gasteiger partial charge in [0.15, 0.2) is 17.7 Å². The van der Waals surface area contributed by atoms with Gasteiger partial charge in [-0.25, -0.2) is 19.5 Å². The van der Waals surface area contributed by atoms with Crippen molar-refractivity contribution in [2.24, 2.45) is 5.73 Å². The number of fused-ring (bicyclic) bond motifs is 1. The Bertz CT molecular complexity index is 894. The first kappa shape index (κ1) is 23.9. The summed E-state index contributed by atoms with van der Waals surface area (Å²) in [6, 6.07) is 0. The Balaban J connectivity index is 1.79. The van der Waals surface area contributed by atoms with Gasteiger partial charge in [0.25, 0.3) is 0 Å². The first-order chi connectivity index (χ1) is 14.9. The minimum Gasteiger partial charge on any atom is -0.382 e. The van der Waals surface area contributed by atoms with E-state index in [0.717, 1.165) is 0 Å². The van der Waals surface area contributed by atoms with E-state index in [-0.39, 0.29) is 19.2 Å². The van der Waals surface area contributed by atoms with Crippen molar-refractivity contribution in [1.29, 1.82) is 0 Å². The minimum atomic E-state index is -4.82. The van der Waals surface area contributed by atoms with E-state index in [2.05, 4.69) is 15.0 Å². The van der Waals surface area contributed by atoms with Crippen molar-refractivity contribution >= 4 is 24.8 Å². The molecular weight excluding hydrogens is 435 g/mol. The summed E-state index contributed by atoms with van der Waals surface area (Å²) in [7, 11) is -4.82. The first-order valence-electron chi connectivity index (χ1n) is 9.65. The lowest BCUT2D eigenvalue weighted by Crippen LogP contribution is -2.36. The quantitative estimate of drug-likeness (QED) is 0.179. The summed E-state index contributed by atoms with van der Waals surface area (Å²) in [6.45, 7) is 3.02. The molecule has 3 heterocycles. The number of hydrogen-bond acceptors (Lipinski definition) is 11. The fraction of sp³-hybridized carbons (Fsp3) is 0.688. The van der Waals surface area contributed by atoms with Crippen LogP contribution in [0.1, 0.15) is 19.6 Å². The summed E-state index contributed by atoms with van der Waals surface area (Å²) in [6.07, 6.45) is -0.360. The molecule has 0 aromatic carbocycles. The lowest BCUT2D eigenvalue weighted by atomic mass is 10.1. The Morgan fingerprint density at radius 1 is 1.19 bits per heavy atom. The maximum atomic E-state index is 11.6. The van der Waals surface area contributed by atoms with Gasteiger partial charge >= 0.3 is 7.82 Å². The predicted molar refractivity (Wildman–Crippen MR) is 106 cm³/mol. The van der Waals surface area contributed by atoms with Crippen molar-refractivity contribution in [2.75, 3.05) is 38.9 Å². The summed E-state index contributed by atoms with van der Waals surface area (Å²) in [5, 5.41) is 0. The fourth-order valence-corrected chi connectivity index (χ4v) is 3.84. The van der Waals surface area contributed by atoms with Crippen molar-refractivity contribution in [2.45, 2.75) is 37.9 Å². The third-order valence-electron chi connectivity index (χ3n) is 4.59. The zero-order chi connectivity index (χ0) is 22.4. The Morgan fingerprint density at radius 2 is 1.97 bits per heavy atom. The number of phosphoric acid groups is 1. The maximum Gasteiger partial charge on any atom is 0.470 e. The van der Waals surface area contributed by atoms with E-state index in [1.165, 1.54) is 12.7 Å². The molecule has 174 valence electrons. The summed E-state index contributed by atoms with van der Waals surface area (Å²) < 4.78 is 40.6. The highest BCUT2D eigenvalue weighted by molar-refractivity contribution is 7.46. The number of aromatic nitrogens is 4. The summed E-state index contributed by atoms with van der Waals surface area (Å²) in [4.78, 5) is 31.1. The average molecular weight is 462 g/mol. The Morgan fingerprint density at radius 3 is 2.68 bits per heavy atom. The summed E-state index contributed by atoms with van der Waals surface area (Å²) >= 11 is 0. The Hall–Kier alpha value is -1.74. The van der Waals surface area contributed by atoms with Crippen molar-refractivity contribution in [3.63, 3.8) is 0 Å². The van der Waals surface area contributed by atoms with Gasteiger partial charge in [0.1, 0.15) is 30.8 Å². The molecule has 1 saturated heterocycles. The number of rotatable bonds is 12. The molecule has 2 aromatic heterocycles. The van der Waals surface area contributed by atoms with Crippen LogP contribution in [-0.4, -0.2) is 80.8 Å². The summed E-state index contributed by atoms with van der Waals surface area (Å²) in [5.74, 6) is 0.190. The zero-order valence-corrected chi connectivity index (χ0v) is 17.8. The fourth-order valence-electron chi connectivity index (χ4n) is 3.27. The lowest BCUT2D eigenvalue weighted by molar-refractivity contribution is -0.142. The molecule has 0 amide bonds. The van der Waals surface area contributed by atoms with Crippen LogP contribution < -0.4 is 11.5 Å². The number of nitrogen functional groups attached to an aromatic ring is 1. The van der Waals surface area contributed by atoms with Crippen molar-refractivity contribution in [3.8, 4) is 0 Å². The van der Waals surface area contributed by atoms with Gasteiger partial charge in [0.2, 0.25) is 0 Å². The first-order valence-corrected chi connectivity index (χ1v) is 11.2. The molecule has 6 N–H and O–H groups in total. The maximum absolute atomic E-state index is 11.6. The second-order valence-corrected chi connectivity index (χ2v) is 7.87. The second kappa shape index (κ2) is 10.7. The SMILES string of the molecule is CC[C@H]1O[C@@H](n2cnc3c(N)ncnc32)[C@@H](OCOCCOCCN)C1OP(=O)(O)O.